The summed E-state index contributed by atoms with van der Waals surface area (Å²) in [6, 6.07) is 15.0. The summed E-state index contributed by atoms with van der Waals surface area (Å²) < 4.78 is 50.2. The average molecular weight is 472 g/mol. The number of carbonyl (C=O) groups is 1. The minimum absolute atomic E-state index is 0.256. The number of ether oxygens (including phenoxy) is 1. The van der Waals surface area contributed by atoms with Gasteiger partial charge in [-0.15, -0.1) is 0 Å². The molecule has 1 aliphatic rings. The average Bonchev–Trinajstić information content (AvgIpc) is 3.34. The van der Waals surface area contributed by atoms with Crippen molar-refractivity contribution in [3.8, 4) is 17.1 Å². The fourth-order valence-electron chi connectivity index (χ4n) is 3.41. The Morgan fingerprint density at radius 1 is 1.09 bits per heavy atom. The molecule has 0 bridgehead atoms. The first-order chi connectivity index (χ1) is 15.7. The second-order valence-electron chi connectivity index (χ2n) is 7.22. The maximum Gasteiger partial charge on any atom is 0.416 e. The normalized spacial score (nSPS) is 15.6. The van der Waals surface area contributed by atoms with Crippen LogP contribution in [0.15, 0.2) is 70.8 Å². The van der Waals surface area contributed by atoms with Crippen molar-refractivity contribution in [3.63, 3.8) is 0 Å². The Bertz CT molecular complexity index is 1230. The number of hydrogen-bond donors (Lipinski definition) is 0. The third-order valence-corrected chi connectivity index (χ3v) is 5.50. The van der Waals surface area contributed by atoms with Gasteiger partial charge in [-0.3, -0.25) is 9.69 Å². The number of carbonyl (C=O) groups excluding carboxylic acids is 1. The summed E-state index contributed by atoms with van der Waals surface area (Å²) in [6.45, 7) is 2.41. The molecule has 1 fully saturated rings. The van der Waals surface area contributed by atoms with E-state index in [9.17, 15) is 18.0 Å². The highest BCUT2D eigenvalue weighted by molar-refractivity contribution is 7.80. The highest BCUT2D eigenvalue weighted by Crippen LogP contribution is 2.34. The van der Waals surface area contributed by atoms with Crippen molar-refractivity contribution in [1.29, 1.82) is 0 Å². The Morgan fingerprint density at radius 2 is 1.82 bits per heavy atom. The predicted molar refractivity (Wildman–Crippen MR) is 123 cm³/mol. The van der Waals surface area contributed by atoms with Crippen LogP contribution in [0.2, 0.25) is 0 Å². The summed E-state index contributed by atoms with van der Waals surface area (Å²) in [4.78, 5) is 16.1. The van der Waals surface area contributed by atoms with E-state index in [1.807, 2.05) is 6.92 Å². The van der Waals surface area contributed by atoms with E-state index in [0.717, 1.165) is 12.1 Å². The monoisotopic (exact) mass is 472 g/mol. The van der Waals surface area contributed by atoms with Crippen LogP contribution in [-0.4, -0.2) is 29.6 Å². The van der Waals surface area contributed by atoms with Crippen molar-refractivity contribution >= 4 is 35.0 Å². The number of nitrogens with zero attached hydrogens (tertiary/aromatic N) is 2. The zero-order valence-corrected chi connectivity index (χ0v) is 18.5. The van der Waals surface area contributed by atoms with Crippen LogP contribution < -0.4 is 9.64 Å². The molecule has 0 radical (unpaired) electrons. The number of rotatable bonds is 5. The van der Waals surface area contributed by atoms with Crippen LogP contribution in [0.5, 0.6) is 5.75 Å². The summed E-state index contributed by atoms with van der Waals surface area (Å²) in [5, 5.41) is 0.292. The standard InChI is InChI=1S/C24H19F3N2O3S/c1-3-31-18-9-7-17(8-10-18)29-22(30)20(28(2)23(29)33)14-19-11-12-21(32-19)15-5-4-6-16(13-15)24(25,26)27/h4-14H,3H2,1-2H3/b20-14-. The lowest BCUT2D eigenvalue weighted by Crippen LogP contribution is -2.31. The molecule has 1 amide bonds. The smallest absolute Gasteiger partial charge is 0.416 e. The van der Waals surface area contributed by atoms with Gasteiger partial charge in [0.1, 0.15) is 23.0 Å². The Kier molecular flexibility index (Phi) is 5.99. The third-order valence-electron chi connectivity index (χ3n) is 5.05. The van der Waals surface area contributed by atoms with Crippen molar-refractivity contribution in [2.45, 2.75) is 13.1 Å². The topological polar surface area (TPSA) is 45.9 Å². The fourth-order valence-corrected chi connectivity index (χ4v) is 3.70. The van der Waals surface area contributed by atoms with Gasteiger partial charge in [-0.25, -0.2) is 0 Å². The zero-order valence-electron chi connectivity index (χ0n) is 17.7. The van der Waals surface area contributed by atoms with Crippen LogP contribution in [0.1, 0.15) is 18.2 Å². The van der Waals surface area contributed by atoms with E-state index in [1.54, 1.807) is 48.3 Å². The molecule has 33 heavy (non-hydrogen) atoms. The molecule has 2 aromatic carbocycles. The summed E-state index contributed by atoms with van der Waals surface area (Å²) in [5.41, 5.74) is 0.386. The van der Waals surface area contributed by atoms with E-state index in [-0.39, 0.29) is 22.9 Å². The molecule has 0 aliphatic carbocycles. The van der Waals surface area contributed by atoms with Crippen LogP contribution in [0.25, 0.3) is 17.4 Å². The highest BCUT2D eigenvalue weighted by atomic mass is 32.1. The van der Waals surface area contributed by atoms with E-state index in [2.05, 4.69) is 0 Å². The number of alkyl halides is 3. The lowest BCUT2D eigenvalue weighted by atomic mass is 10.1. The van der Waals surface area contributed by atoms with E-state index in [0.29, 0.717) is 28.9 Å². The quantitative estimate of drug-likeness (QED) is 0.338. The molecule has 1 aromatic heterocycles. The number of halogens is 3. The van der Waals surface area contributed by atoms with Crippen LogP contribution in [-0.2, 0) is 11.0 Å². The molecule has 3 aromatic rings. The highest BCUT2D eigenvalue weighted by Gasteiger charge is 2.37. The first kappa shape index (κ1) is 22.6. The molecule has 5 nitrogen and oxygen atoms in total. The number of likely N-dealkylation sites (N-methyl/N-ethyl adjacent to an activating group) is 1. The molecule has 170 valence electrons. The molecule has 0 spiro atoms. The number of thiocarbonyl (C=S) groups is 1. The van der Waals surface area contributed by atoms with Gasteiger partial charge in [0.05, 0.1) is 17.9 Å². The van der Waals surface area contributed by atoms with Crippen LogP contribution in [0.3, 0.4) is 0 Å². The van der Waals surface area contributed by atoms with Crippen molar-refractivity contribution in [2.75, 3.05) is 18.6 Å². The van der Waals surface area contributed by atoms with Gasteiger partial charge in [-0.05, 0) is 67.7 Å². The maximum atomic E-state index is 13.1. The number of hydrogen-bond acceptors (Lipinski definition) is 4. The predicted octanol–water partition coefficient (Wildman–Crippen LogP) is 5.97. The molecule has 1 saturated heterocycles. The van der Waals surface area contributed by atoms with E-state index in [4.69, 9.17) is 21.4 Å². The third kappa shape index (κ3) is 4.49. The summed E-state index contributed by atoms with van der Waals surface area (Å²) >= 11 is 5.45. The minimum Gasteiger partial charge on any atom is -0.494 e. The van der Waals surface area contributed by atoms with Gasteiger partial charge in [-0.2, -0.15) is 13.2 Å². The van der Waals surface area contributed by atoms with Gasteiger partial charge in [0.15, 0.2) is 5.11 Å². The first-order valence-electron chi connectivity index (χ1n) is 10.0. The Labute approximate surface area is 193 Å². The molecule has 2 heterocycles. The summed E-state index contributed by atoms with van der Waals surface area (Å²) in [7, 11) is 1.66. The van der Waals surface area contributed by atoms with Crippen LogP contribution in [0.4, 0.5) is 18.9 Å². The van der Waals surface area contributed by atoms with Gasteiger partial charge in [-0.1, -0.05) is 12.1 Å². The summed E-state index contributed by atoms with van der Waals surface area (Å²) in [5.74, 6) is 0.908. The maximum absolute atomic E-state index is 13.1. The Balaban J connectivity index is 1.60. The van der Waals surface area contributed by atoms with Crippen molar-refractivity contribution in [1.82, 2.24) is 4.90 Å². The largest absolute Gasteiger partial charge is 0.494 e. The van der Waals surface area contributed by atoms with Crippen molar-refractivity contribution < 1.29 is 27.1 Å². The number of furan rings is 1. The lowest BCUT2D eigenvalue weighted by Gasteiger charge is -2.16. The van der Waals surface area contributed by atoms with Gasteiger partial charge in [0.2, 0.25) is 0 Å². The Hall–Kier alpha value is -3.59. The molecular formula is C24H19F3N2O3S. The first-order valence-corrected chi connectivity index (χ1v) is 10.4. The van der Waals surface area contributed by atoms with Gasteiger partial charge in [0.25, 0.3) is 5.91 Å². The molecule has 0 unspecified atom stereocenters. The van der Waals surface area contributed by atoms with Crippen molar-refractivity contribution in [3.05, 3.63) is 77.7 Å². The van der Waals surface area contributed by atoms with E-state index < -0.39 is 11.7 Å². The molecule has 9 heteroatoms. The van der Waals surface area contributed by atoms with Gasteiger partial charge < -0.3 is 14.1 Å². The lowest BCUT2D eigenvalue weighted by molar-refractivity contribution is -0.137. The minimum atomic E-state index is -4.45. The molecule has 0 saturated carbocycles. The molecule has 1 aliphatic heterocycles. The van der Waals surface area contributed by atoms with Crippen LogP contribution in [0, 0.1) is 0 Å². The zero-order chi connectivity index (χ0) is 23.8. The fraction of sp³-hybridized carbons (Fsp3) is 0.167. The second kappa shape index (κ2) is 8.74. The SMILES string of the molecule is CCOc1ccc(N2C(=O)/C(=C/c3ccc(-c4cccc(C(F)(F)F)c4)o3)N(C)C2=S)cc1. The molecule has 0 N–H and O–H groups in total. The number of benzene rings is 2. The van der Waals surface area contributed by atoms with Crippen LogP contribution >= 0.6 is 12.2 Å². The molecule has 0 atom stereocenters. The van der Waals surface area contributed by atoms with E-state index >= 15 is 0 Å². The van der Waals surface area contributed by atoms with Crippen molar-refractivity contribution in [2.24, 2.45) is 0 Å². The van der Waals surface area contributed by atoms with E-state index in [1.165, 1.54) is 23.1 Å². The Morgan fingerprint density at radius 3 is 2.48 bits per heavy atom. The molecule has 4 rings (SSSR count). The second-order valence-corrected chi connectivity index (χ2v) is 7.58. The molecular weight excluding hydrogens is 453 g/mol. The number of anilines is 1. The van der Waals surface area contributed by atoms with Gasteiger partial charge >= 0.3 is 6.18 Å². The van der Waals surface area contributed by atoms with Gasteiger partial charge in [0, 0.05) is 18.7 Å². The summed E-state index contributed by atoms with van der Waals surface area (Å²) in [6.07, 6.45) is -2.94. The number of amides is 1.